The van der Waals surface area contributed by atoms with Crippen LogP contribution in [-0.2, 0) is 14.6 Å². The first-order valence-electron chi connectivity index (χ1n) is 7.32. The molecular weight excluding hydrogens is 362 g/mol. The van der Waals surface area contributed by atoms with E-state index in [1.807, 2.05) is 17.5 Å². The van der Waals surface area contributed by atoms with Crippen LogP contribution in [0.5, 0.6) is 0 Å². The van der Waals surface area contributed by atoms with Crippen molar-refractivity contribution in [3.63, 3.8) is 0 Å². The standard InChI is InChI=1S/C17H13NO3S3/c19-15-9-12(13-7-4-8-22-13)17-16(18-15)14(10-23-17)24(20,21)11-5-2-1-3-6-11/h1-8,10,12H,9H2,(H,18,19)/t12-/m1/s1. The third-order valence-corrected chi connectivity index (χ3v) is 8.01. The number of rotatable bonds is 3. The predicted molar refractivity (Wildman–Crippen MR) is 95.6 cm³/mol. The van der Waals surface area contributed by atoms with E-state index in [0.29, 0.717) is 12.1 Å². The maximum absolute atomic E-state index is 12.9. The van der Waals surface area contributed by atoms with Crippen LogP contribution in [0.4, 0.5) is 5.69 Å². The van der Waals surface area contributed by atoms with Gasteiger partial charge < -0.3 is 5.32 Å². The Hall–Kier alpha value is -1.96. The minimum absolute atomic E-state index is 0.0709. The van der Waals surface area contributed by atoms with Gasteiger partial charge in [0.25, 0.3) is 0 Å². The number of fused-ring (bicyclic) bond motifs is 1. The summed E-state index contributed by atoms with van der Waals surface area (Å²) < 4.78 is 25.8. The molecule has 0 saturated carbocycles. The van der Waals surface area contributed by atoms with E-state index < -0.39 is 9.84 Å². The number of thiophene rings is 2. The fourth-order valence-corrected chi connectivity index (χ4v) is 6.68. The Morgan fingerprint density at radius 1 is 1.04 bits per heavy atom. The highest BCUT2D eigenvalue weighted by Crippen LogP contribution is 2.46. The fourth-order valence-electron chi connectivity index (χ4n) is 2.85. The molecule has 24 heavy (non-hydrogen) atoms. The smallest absolute Gasteiger partial charge is 0.225 e. The highest BCUT2D eigenvalue weighted by Gasteiger charge is 2.34. The Labute approximate surface area is 147 Å². The molecule has 0 unspecified atom stereocenters. The van der Waals surface area contributed by atoms with Crippen LogP contribution in [0.3, 0.4) is 0 Å². The van der Waals surface area contributed by atoms with Gasteiger partial charge in [-0.1, -0.05) is 24.3 Å². The zero-order valence-corrected chi connectivity index (χ0v) is 14.9. The molecule has 0 spiro atoms. The second-order valence-corrected chi connectivity index (χ2v) is 9.28. The van der Waals surface area contributed by atoms with Crippen LogP contribution in [0.25, 0.3) is 0 Å². The second kappa shape index (κ2) is 5.84. The van der Waals surface area contributed by atoms with Gasteiger partial charge in [-0.05, 0) is 23.6 Å². The minimum atomic E-state index is -3.65. The van der Waals surface area contributed by atoms with Crippen molar-refractivity contribution in [2.45, 2.75) is 22.1 Å². The molecule has 3 heterocycles. The molecule has 0 bridgehead atoms. The summed E-state index contributed by atoms with van der Waals surface area (Å²) in [4.78, 5) is 14.6. The largest absolute Gasteiger partial charge is 0.324 e. The monoisotopic (exact) mass is 375 g/mol. The van der Waals surface area contributed by atoms with Crippen LogP contribution < -0.4 is 5.32 Å². The Bertz CT molecular complexity index is 989. The van der Waals surface area contributed by atoms with E-state index in [2.05, 4.69) is 5.32 Å². The summed E-state index contributed by atoms with van der Waals surface area (Å²) in [7, 11) is -3.65. The summed E-state index contributed by atoms with van der Waals surface area (Å²) in [5, 5.41) is 6.38. The molecule has 1 aromatic carbocycles. The third-order valence-electron chi connectivity index (χ3n) is 3.99. The molecule has 1 aliphatic heterocycles. The first-order chi connectivity index (χ1) is 11.6. The average Bonchev–Trinajstić information content (AvgIpc) is 3.24. The van der Waals surface area contributed by atoms with Crippen molar-refractivity contribution in [3.8, 4) is 0 Å². The van der Waals surface area contributed by atoms with Crippen LogP contribution in [0.2, 0.25) is 0 Å². The summed E-state index contributed by atoms with van der Waals surface area (Å²) in [5.41, 5.74) is 0.443. The fraction of sp³-hybridized carbons (Fsp3) is 0.118. The molecule has 4 rings (SSSR count). The number of hydrogen-bond acceptors (Lipinski definition) is 5. The second-order valence-electron chi connectivity index (χ2n) is 5.48. The molecule has 0 radical (unpaired) electrons. The summed E-state index contributed by atoms with van der Waals surface area (Å²) in [6, 6.07) is 12.2. The van der Waals surface area contributed by atoms with Gasteiger partial charge >= 0.3 is 0 Å². The van der Waals surface area contributed by atoms with Gasteiger partial charge in [-0.3, -0.25) is 4.79 Å². The summed E-state index contributed by atoms with van der Waals surface area (Å²) in [6.45, 7) is 0. The zero-order valence-electron chi connectivity index (χ0n) is 12.4. The lowest BCUT2D eigenvalue weighted by Crippen LogP contribution is -2.23. The van der Waals surface area contributed by atoms with Crippen molar-refractivity contribution >= 4 is 44.1 Å². The molecular formula is C17H13NO3S3. The first-order valence-corrected chi connectivity index (χ1v) is 10.6. The summed E-state index contributed by atoms with van der Waals surface area (Å²) in [5.74, 6) is -0.220. The topological polar surface area (TPSA) is 63.2 Å². The molecule has 1 amide bonds. The molecule has 2 aromatic heterocycles. The van der Waals surface area contributed by atoms with Gasteiger partial charge in [0.2, 0.25) is 15.7 Å². The predicted octanol–water partition coefficient (Wildman–Crippen LogP) is 4.12. The average molecular weight is 375 g/mol. The van der Waals surface area contributed by atoms with Crippen LogP contribution in [-0.4, -0.2) is 14.3 Å². The number of amides is 1. The van der Waals surface area contributed by atoms with Gasteiger partial charge in [0, 0.05) is 27.5 Å². The van der Waals surface area contributed by atoms with Crippen molar-refractivity contribution in [1.29, 1.82) is 0 Å². The Morgan fingerprint density at radius 2 is 1.83 bits per heavy atom. The van der Waals surface area contributed by atoms with Crippen LogP contribution in [0.1, 0.15) is 22.1 Å². The van der Waals surface area contributed by atoms with Gasteiger partial charge in [0.15, 0.2) is 0 Å². The first kappa shape index (κ1) is 15.6. The molecule has 7 heteroatoms. The number of carbonyl (C=O) groups is 1. The van der Waals surface area contributed by atoms with Crippen molar-refractivity contribution in [2.75, 3.05) is 5.32 Å². The number of benzene rings is 1. The highest BCUT2D eigenvalue weighted by atomic mass is 32.2. The lowest BCUT2D eigenvalue weighted by Gasteiger charge is -2.22. The molecule has 3 aromatic rings. The number of nitrogens with one attached hydrogen (secondary N) is 1. The van der Waals surface area contributed by atoms with Crippen molar-refractivity contribution in [2.24, 2.45) is 0 Å². The Morgan fingerprint density at radius 3 is 2.54 bits per heavy atom. The SMILES string of the molecule is O=C1C[C@H](c2cccs2)c2scc(S(=O)(=O)c3ccccc3)c2N1. The van der Waals surface area contributed by atoms with E-state index in [1.54, 1.807) is 47.0 Å². The molecule has 1 N–H and O–H groups in total. The maximum atomic E-state index is 12.9. The lowest BCUT2D eigenvalue weighted by molar-refractivity contribution is -0.116. The zero-order chi connectivity index (χ0) is 16.7. The van der Waals surface area contributed by atoms with Crippen LogP contribution >= 0.6 is 22.7 Å². The summed E-state index contributed by atoms with van der Waals surface area (Å²) in [6.07, 6.45) is 0.346. The van der Waals surface area contributed by atoms with E-state index >= 15 is 0 Å². The van der Waals surface area contributed by atoms with Gasteiger partial charge in [0.1, 0.15) is 4.90 Å². The van der Waals surface area contributed by atoms with E-state index in [4.69, 9.17) is 0 Å². The van der Waals surface area contributed by atoms with Crippen LogP contribution in [0, 0.1) is 0 Å². The van der Waals surface area contributed by atoms with E-state index in [-0.39, 0.29) is 21.6 Å². The molecule has 0 aliphatic carbocycles. The lowest BCUT2D eigenvalue weighted by atomic mass is 9.97. The number of sulfone groups is 1. The van der Waals surface area contributed by atoms with E-state index in [9.17, 15) is 13.2 Å². The molecule has 1 aliphatic rings. The molecule has 0 saturated heterocycles. The number of anilines is 1. The van der Waals surface area contributed by atoms with Gasteiger partial charge in [-0.25, -0.2) is 8.42 Å². The van der Waals surface area contributed by atoms with Gasteiger partial charge in [-0.2, -0.15) is 0 Å². The van der Waals surface area contributed by atoms with E-state index in [1.165, 1.54) is 11.3 Å². The van der Waals surface area contributed by atoms with Crippen molar-refractivity contribution < 1.29 is 13.2 Å². The normalized spacial score (nSPS) is 17.3. The maximum Gasteiger partial charge on any atom is 0.225 e. The highest BCUT2D eigenvalue weighted by molar-refractivity contribution is 7.91. The third kappa shape index (κ3) is 2.49. The Kier molecular flexibility index (Phi) is 3.79. The summed E-state index contributed by atoms with van der Waals surface area (Å²) >= 11 is 2.98. The number of carbonyl (C=O) groups excluding carboxylic acids is 1. The van der Waals surface area contributed by atoms with Crippen LogP contribution in [0.15, 0.2) is 63.0 Å². The quantitative estimate of drug-likeness (QED) is 0.749. The van der Waals surface area contributed by atoms with Crippen molar-refractivity contribution in [1.82, 2.24) is 0 Å². The van der Waals surface area contributed by atoms with Crippen molar-refractivity contribution in [3.05, 3.63) is 63.0 Å². The molecule has 1 atom stereocenters. The molecule has 122 valence electrons. The van der Waals surface area contributed by atoms with Gasteiger partial charge in [0.05, 0.1) is 10.6 Å². The molecule has 4 nitrogen and oxygen atoms in total. The molecule has 0 fully saturated rings. The van der Waals surface area contributed by atoms with Gasteiger partial charge in [-0.15, -0.1) is 22.7 Å². The van der Waals surface area contributed by atoms with E-state index in [0.717, 1.165) is 9.75 Å². The Balaban J connectivity index is 1.85. The number of hydrogen-bond donors (Lipinski definition) is 1. The minimum Gasteiger partial charge on any atom is -0.324 e.